The lowest BCUT2D eigenvalue weighted by molar-refractivity contribution is -0.139. The van der Waals surface area contributed by atoms with Crippen molar-refractivity contribution in [1.82, 2.24) is 5.32 Å². The van der Waals surface area contributed by atoms with Crippen LogP contribution in [-0.2, 0) is 4.79 Å². The molecule has 0 saturated heterocycles. The van der Waals surface area contributed by atoms with Gasteiger partial charge in [-0.2, -0.15) is 0 Å². The number of benzene rings is 1. The van der Waals surface area contributed by atoms with Crippen LogP contribution in [0.25, 0.3) is 0 Å². The molecule has 5 heteroatoms. The Morgan fingerprint density at radius 3 is 2.39 bits per heavy atom. The molecule has 1 unspecified atom stereocenters. The molecule has 0 saturated carbocycles. The van der Waals surface area contributed by atoms with Crippen LogP contribution in [0.4, 0.5) is 0 Å². The Balaban J connectivity index is 2.97. The fourth-order valence-electron chi connectivity index (χ4n) is 1.53. The maximum Gasteiger partial charge on any atom is 0.326 e. The van der Waals surface area contributed by atoms with Gasteiger partial charge in [-0.05, 0) is 43.5 Å². The van der Waals surface area contributed by atoms with Gasteiger partial charge < -0.3 is 10.4 Å². The van der Waals surface area contributed by atoms with Crippen LogP contribution in [0.1, 0.15) is 34.8 Å². The number of amides is 1. The van der Waals surface area contributed by atoms with E-state index in [4.69, 9.17) is 16.7 Å². The zero-order chi connectivity index (χ0) is 13.9. The van der Waals surface area contributed by atoms with E-state index in [1.54, 1.807) is 19.1 Å². The van der Waals surface area contributed by atoms with Crippen molar-refractivity contribution in [3.63, 3.8) is 0 Å². The van der Waals surface area contributed by atoms with Gasteiger partial charge in [-0.1, -0.05) is 18.5 Å². The van der Waals surface area contributed by atoms with Crippen LogP contribution >= 0.6 is 11.6 Å². The summed E-state index contributed by atoms with van der Waals surface area (Å²) in [5, 5.41) is 11.7. The Labute approximate surface area is 111 Å². The molecule has 1 atom stereocenters. The number of carboxylic acids is 1. The zero-order valence-corrected chi connectivity index (χ0v) is 11.3. The van der Waals surface area contributed by atoms with Gasteiger partial charge in [-0.3, -0.25) is 4.79 Å². The molecule has 1 aromatic rings. The van der Waals surface area contributed by atoms with Crippen molar-refractivity contribution in [2.75, 3.05) is 0 Å². The Hall–Kier alpha value is -1.55. The number of aryl methyl sites for hydroxylation is 2. The third-order valence-corrected chi connectivity index (χ3v) is 3.15. The van der Waals surface area contributed by atoms with Gasteiger partial charge in [0.25, 0.3) is 5.91 Å². The Kier molecular flexibility index (Phi) is 4.73. The van der Waals surface area contributed by atoms with E-state index >= 15 is 0 Å². The van der Waals surface area contributed by atoms with E-state index in [0.29, 0.717) is 17.0 Å². The lowest BCUT2D eigenvalue weighted by Gasteiger charge is -2.14. The van der Waals surface area contributed by atoms with Crippen molar-refractivity contribution in [2.45, 2.75) is 33.2 Å². The number of carboxylic acid groups (broad SMARTS) is 1. The van der Waals surface area contributed by atoms with E-state index < -0.39 is 17.9 Å². The Morgan fingerprint density at radius 2 is 1.89 bits per heavy atom. The average Bonchev–Trinajstić information content (AvgIpc) is 2.29. The molecular formula is C13H16ClNO3. The molecule has 0 aliphatic rings. The summed E-state index contributed by atoms with van der Waals surface area (Å²) >= 11 is 5.99. The first kappa shape index (κ1) is 14.5. The summed E-state index contributed by atoms with van der Waals surface area (Å²) in [6.45, 7) is 5.47. The molecule has 1 rings (SSSR count). The topological polar surface area (TPSA) is 66.4 Å². The quantitative estimate of drug-likeness (QED) is 0.883. The van der Waals surface area contributed by atoms with Crippen LogP contribution in [0.2, 0.25) is 5.02 Å². The van der Waals surface area contributed by atoms with Crippen molar-refractivity contribution in [1.29, 1.82) is 0 Å². The molecule has 98 valence electrons. The molecular weight excluding hydrogens is 254 g/mol. The second-order valence-electron chi connectivity index (χ2n) is 4.19. The Morgan fingerprint density at radius 1 is 1.33 bits per heavy atom. The summed E-state index contributed by atoms with van der Waals surface area (Å²) in [6, 6.07) is 2.48. The summed E-state index contributed by atoms with van der Waals surface area (Å²) in [5.74, 6) is -1.51. The van der Waals surface area contributed by atoms with E-state index in [1.165, 1.54) is 0 Å². The average molecular weight is 270 g/mol. The van der Waals surface area contributed by atoms with E-state index in [2.05, 4.69) is 5.32 Å². The minimum absolute atomic E-state index is 0.305. The van der Waals surface area contributed by atoms with Crippen LogP contribution in [0, 0.1) is 13.8 Å². The van der Waals surface area contributed by atoms with Crippen LogP contribution in [0.3, 0.4) is 0 Å². The Bertz CT molecular complexity index is 485. The highest BCUT2D eigenvalue weighted by atomic mass is 35.5. The minimum Gasteiger partial charge on any atom is -0.480 e. The van der Waals surface area contributed by atoms with Gasteiger partial charge in [0, 0.05) is 0 Å². The number of aliphatic carboxylic acids is 1. The van der Waals surface area contributed by atoms with E-state index in [0.717, 1.165) is 11.1 Å². The highest BCUT2D eigenvalue weighted by Gasteiger charge is 2.20. The molecule has 18 heavy (non-hydrogen) atoms. The molecule has 0 aliphatic carbocycles. The minimum atomic E-state index is -1.05. The highest BCUT2D eigenvalue weighted by molar-refractivity contribution is 6.34. The number of carbonyl (C=O) groups is 2. The van der Waals surface area contributed by atoms with Crippen LogP contribution in [-0.4, -0.2) is 23.0 Å². The number of hydrogen-bond donors (Lipinski definition) is 2. The molecule has 1 amide bonds. The van der Waals surface area contributed by atoms with Crippen LogP contribution in [0.5, 0.6) is 0 Å². The second kappa shape index (κ2) is 5.87. The molecule has 0 aromatic heterocycles. The van der Waals surface area contributed by atoms with Crippen molar-refractivity contribution in [3.8, 4) is 0 Å². The first-order valence-electron chi connectivity index (χ1n) is 5.67. The SMILES string of the molecule is CCC(NC(=O)c1cc(C)c(C)cc1Cl)C(=O)O. The largest absolute Gasteiger partial charge is 0.480 e. The third-order valence-electron chi connectivity index (χ3n) is 2.84. The number of halogens is 1. The molecule has 2 N–H and O–H groups in total. The fraction of sp³-hybridized carbons (Fsp3) is 0.385. The molecule has 0 spiro atoms. The molecule has 0 aliphatic heterocycles. The summed E-state index contributed by atoms with van der Waals surface area (Å²) in [5.41, 5.74) is 2.23. The van der Waals surface area contributed by atoms with Crippen molar-refractivity contribution >= 4 is 23.5 Å². The highest BCUT2D eigenvalue weighted by Crippen LogP contribution is 2.21. The fourth-order valence-corrected chi connectivity index (χ4v) is 1.83. The van der Waals surface area contributed by atoms with Crippen molar-refractivity contribution < 1.29 is 14.7 Å². The van der Waals surface area contributed by atoms with E-state index in [-0.39, 0.29) is 0 Å². The number of rotatable bonds is 4. The predicted octanol–water partition coefficient (Wildman–Crippen LogP) is 2.55. The van der Waals surface area contributed by atoms with Gasteiger partial charge >= 0.3 is 5.97 Å². The monoisotopic (exact) mass is 269 g/mol. The lowest BCUT2D eigenvalue weighted by Crippen LogP contribution is -2.40. The van der Waals surface area contributed by atoms with Gasteiger partial charge in [0.2, 0.25) is 0 Å². The third kappa shape index (κ3) is 3.23. The number of carbonyl (C=O) groups excluding carboxylic acids is 1. The smallest absolute Gasteiger partial charge is 0.326 e. The van der Waals surface area contributed by atoms with Crippen LogP contribution < -0.4 is 5.32 Å². The lowest BCUT2D eigenvalue weighted by atomic mass is 10.1. The molecule has 0 radical (unpaired) electrons. The first-order valence-corrected chi connectivity index (χ1v) is 6.05. The zero-order valence-electron chi connectivity index (χ0n) is 10.6. The maximum atomic E-state index is 11.9. The van der Waals surface area contributed by atoms with E-state index in [1.807, 2.05) is 13.8 Å². The van der Waals surface area contributed by atoms with Gasteiger partial charge in [-0.25, -0.2) is 4.79 Å². The van der Waals surface area contributed by atoms with Crippen molar-refractivity contribution in [3.05, 3.63) is 33.8 Å². The molecule has 4 nitrogen and oxygen atoms in total. The number of nitrogens with one attached hydrogen (secondary N) is 1. The summed E-state index contributed by atoms with van der Waals surface area (Å²) in [4.78, 5) is 22.8. The van der Waals surface area contributed by atoms with Gasteiger partial charge in [0.1, 0.15) is 6.04 Å². The summed E-state index contributed by atoms with van der Waals surface area (Å²) in [6.07, 6.45) is 0.323. The summed E-state index contributed by atoms with van der Waals surface area (Å²) < 4.78 is 0. The normalized spacial score (nSPS) is 12.0. The summed E-state index contributed by atoms with van der Waals surface area (Å²) in [7, 11) is 0. The first-order chi connectivity index (χ1) is 8.36. The molecule has 0 heterocycles. The standard InChI is InChI=1S/C13H16ClNO3/c1-4-11(13(17)18)15-12(16)9-5-7(2)8(3)6-10(9)14/h5-6,11H,4H2,1-3H3,(H,15,16)(H,17,18). The van der Waals surface area contributed by atoms with Gasteiger partial charge in [0.15, 0.2) is 0 Å². The number of hydrogen-bond acceptors (Lipinski definition) is 2. The van der Waals surface area contributed by atoms with Gasteiger partial charge in [0.05, 0.1) is 10.6 Å². The van der Waals surface area contributed by atoms with Crippen molar-refractivity contribution in [2.24, 2.45) is 0 Å². The van der Waals surface area contributed by atoms with Crippen LogP contribution in [0.15, 0.2) is 12.1 Å². The van der Waals surface area contributed by atoms with Gasteiger partial charge in [-0.15, -0.1) is 0 Å². The second-order valence-corrected chi connectivity index (χ2v) is 4.60. The molecule has 1 aromatic carbocycles. The predicted molar refractivity (Wildman–Crippen MR) is 70.1 cm³/mol. The van der Waals surface area contributed by atoms with E-state index in [9.17, 15) is 9.59 Å². The molecule has 0 bridgehead atoms. The maximum absolute atomic E-state index is 11.9. The molecule has 0 fully saturated rings.